The van der Waals surface area contributed by atoms with Crippen LogP contribution in [-0.4, -0.2) is 28.3 Å². The fraction of sp³-hybridized carbons (Fsp3) is 0.615. The first-order valence-electron chi connectivity index (χ1n) is 6.30. The maximum Gasteiger partial charge on any atom is 0.114 e. The van der Waals surface area contributed by atoms with Gasteiger partial charge in [0.25, 0.3) is 0 Å². The molecule has 1 N–H and O–H groups in total. The molecule has 4 nitrogen and oxygen atoms in total. The van der Waals surface area contributed by atoms with Crippen molar-refractivity contribution in [3.8, 4) is 6.07 Å². The van der Waals surface area contributed by atoms with E-state index in [-0.39, 0.29) is 5.54 Å². The van der Waals surface area contributed by atoms with E-state index in [2.05, 4.69) is 21.4 Å². The highest BCUT2D eigenvalue weighted by Crippen LogP contribution is 2.38. The van der Waals surface area contributed by atoms with Gasteiger partial charge in [0, 0.05) is 12.4 Å². The minimum absolute atomic E-state index is 0.303. The molecular weight excluding hydrogens is 244 g/mol. The average Bonchev–Trinajstić information content (AvgIpc) is 2.84. The number of thioether (sulfide) groups is 1. The van der Waals surface area contributed by atoms with Gasteiger partial charge in [-0.25, -0.2) is 4.98 Å². The van der Waals surface area contributed by atoms with Crippen LogP contribution in [0.25, 0.3) is 0 Å². The normalized spacial score (nSPS) is 27.0. The lowest BCUT2D eigenvalue weighted by Crippen LogP contribution is -2.44. The second-order valence-corrected chi connectivity index (χ2v) is 5.72. The molecule has 1 fully saturated rings. The maximum atomic E-state index is 9.36. The predicted octanol–water partition coefficient (Wildman–Crippen LogP) is 2.24. The van der Waals surface area contributed by atoms with Gasteiger partial charge in [0.05, 0.1) is 12.3 Å². The molecule has 0 amide bonds. The molecule has 0 saturated heterocycles. The van der Waals surface area contributed by atoms with Crippen molar-refractivity contribution in [2.75, 3.05) is 12.8 Å². The van der Waals surface area contributed by atoms with Gasteiger partial charge >= 0.3 is 0 Å². The molecule has 2 atom stereocenters. The number of aromatic nitrogens is 2. The van der Waals surface area contributed by atoms with Gasteiger partial charge in [-0.15, -0.1) is 11.8 Å². The minimum atomic E-state index is -0.303. The Kier molecular flexibility index (Phi) is 4.56. The third kappa shape index (κ3) is 2.82. The van der Waals surface area contributed by atoms with Gasteiger partial charge < -0.3 is 5.32 Å². The fourth-order valence-corrected chi connectivity index (χ4v) is 3.55. The lowest BCUT2D eigenvalue weighted by Gasteiger charge is -2.28. The summed E-state index contributed by atoms with van der Waals surface area (Å²) in [5.74, 6) is 1.45. The zero-order valence-corrected chi connectivity index (χ0v) is 11.4. The van der Waals surface area contributed by atoms with E-state index < -0.39 is 0 Å². The van der Waals surface area contributed by atoms with Gasteiger partial charge in [-0.3, -0.25) is 4.98 Å². The van der Waals surface area contributed by atoms with Crippen LogP contribution in [0, 0.1) is 17.2 Å². The highest BCUT2D eigenvalue weighted by molar-refractivity contribution is 7.99. The summed E-state index contributed by atoms with van der Waals surface area (Å²) >= 11 is 1.72. The van der Waals surface area contributed by atoms with Crippen LogP contribution in [0.1, 0.15) is 25.7 Å². The molecule has 5 heteroatoms. The lowest BCUT2D eigenvalue weighted by atomic mass is 9.87. The Morgan fingerprint density at radius 3 is 3.17 bits per heavy atom. The van der Waals surface area contributed by atoms with E-state index in [1.54, 1.807) is 30.4 Å². The Morgan fingerprint density at radius 1 is 1.61 bits per heavy atom. The second kappa shape index (κ2) is 6.17. The number of nitriles is 1. The molecule has 1 aliphatic rings. The third-order valence-electron chi connectivity index (χ3n) is 3.72. The number of rotatable bonds is 5. The molecule has 1 aliphatic carbocycles. The van der Waals surface area contributed by atoms with Crippen molar-refractivity contribution >= 4 is 11.8 Å². The van der Waals surface area contributed by atoms with Gasteiger partial charge in [0.1, 0.15) is 10.6 Å². The van der Waals surface area contributed by atoms with Gasteiger partial charge in [0.2, 0.25) is 0 Å². The minimum Gasteiger partial charge on any atom is -0.302 e. The molecule has 1 aromatic rings. The standard InChI is InChI=1S/C13H18N4S/c1-15-13(10-14)5-2-3-11(13)4-8-18-12-9-16-6-7-17-12/h6-7,9,11,15H,2-5,8H2,1H3. The zero-order chi connectivity index (χ0) is 12.8. The molecule has 0 bridgehead atoms. The monoisotopic (exact) mass is 262 g/mol. The van der Waals surface area contributed by atoms with E-state index in [0.29, 0.717) is 5.92 Å². The van der Waals surface area contributed by atoms with Crippen molar-refractivity contribution in [1.29, 1.82) is 5.26 Å². The van der Waals surface area contributed by atoms with E-state index in [0.717, 1.165) is 36.5 Å². The summed E-state index contributed by atoms with van der Waals surface area (Å²) in [5.41, 5.74) is -0.303. The fourth-order valence-electron chi connectivity index (χ4n) is 2.67. The first-order valence-corrected chi connectivity index (χ1v) is 7.28. The van der Waals surface area contributed by atoms with Crippen LogP contribution < -0.4 is 5.32 Å². The SMILES string of the molecule is CNC1(C#N)CCCC1CCSc1cnccn1. The van der Waals surface area contributed by atoms with Crippen LogP contribution in [0.15, 0.2) is 23.6 Å². The summed E-state index contributed by atoms with van der Waals surface area (Å²) in [5, 5.41) is 13.5. The van der Waals surface area contributed by atoms with E-state index in [4.69, 9.17) is 0 Å². The number of hydrogen-bond donors (Lipinski definition) is 1. The summed E-state index contributed by atoms with van der Waals surface area (Å²) in [7, 11) is 1.90. The van der Waals surface area contributed by atoms with Gasteiger partial charge in [-0.2, -0.15) is 5.26 Å². The van der Waals surface area contributed by atoms with Crippen LogP contribution in [-0.2, 0) is 0 Å². The highest BCUT2D eigenvalue weighted by Gasteiger charge is 2.41. The van der Waals surface area contributed by atoms with E-state index in [1.807, 2.05) is 7.05 Å². The summed E-state index contributed by atoms with van der Waals surface area (Å²) in [6.45, 7) is 0. The number of nitrogens with zero attached hydrogens (tertiary/aromatic N) is 3. The number of hydrogen-bond acceptors (Lipinski definition) is 5. The Morgan fingerprint density at radius 2 is 2.50 bits per heavy atom. The van der Waals surface area contributed by atoms with Crippen LogP contribution >= 0.6 is 11.8 Å². The predicted molar refractivity (Wildman–Crippen MR) is 72.1 cm³/mol. The van der Waals surface area contributed by atoms with Crippen molar-refractivity contribution < 1.29 is 0 Å². The summed E-state index contributed by atoms with van der Waals surface area (Å²) in [6, 6.07) is 2.48. The molecular formula is C13H18N4S. The maximum absolute atomic E-state index is 9.36. The average molecular weight is 262 g/mol. The van der Waals surface area contributed by atoms with Crippen molar-refractivity contribution in [2.24, 2.45) is 5.92 Å². The molecule has 0 radical (unpaired) electrons. The topological polar surface area (TPSA) is 61.6 Å². The quantitative estimate of drug-likeness (QED) is 0.825. The van der Waals surface area contributed by atoms with Crippen LogP contribution in [0.5, 0.6) is 0 Å². The summed E-state index contributed by atoms with van der Waals surface area (Å²) in [4.78, 5) is 8.29. The molecule has 0 spiro atoms. The largest absolute Gasteiger partial charge is 0.302 e. The van der Waals surface area contributed by atoms with E-state index in [1.165, 1.54) is 0 Å². The van der Waals surface area contributed by atoms with Crippen LogP contribution in [0.3, 0.4) is 0 Å². The molecule has 1 heterocycles. The lowest BCUT2D eigenvalue weighted by molar-refractivity contribution is 0.332. The first-order chi connectivity index (χ1) is 8.80. The Balaban J connectivity index is 1.85. The van der Waals surface area contributed by atoms with Crippen molar-refractivity contribution in [3.63, 3.8) is 0 Å². The van der Waals surface area contributed by atoms with Gasteiger partial charge in [-0.1, -0.05) is 6.42 Å². The summed E-state index contributed by atoms with van der Waals surface area (Å²) < 4.78 is 0. The van der Waals surface area contributed by atoms with Gasteiger partial charge in [0.15, 0.2) is 0 Å². The van der Waals surface area contributed by atoms with Crippen molar-refractivity contribution in [1.82, 2.24) is 15.3 Å². The molecule has 1 saturated carbocycles. The van der Waals surface area contributed by atoms with Crippen molar-refractivity contribution in [2.45, 2.75) is 36.2 Å². The molecule has 96 valence electrons. The first kappa shape index (κ1) is 13.3. The second-order valence-electron chi connectivity index (χ2n) is 4.60. The number of nitrogens with one attached hydrogen (secondary N) is 1. The Bertz CT molecular complexity index is 417. The molecule has 1 aromatic heterocycles. The highest BCUT2D eigenvalue weighted by atomic mass is 32.2. The molecule has 18 heavy (non-hydrogen) atoms. The smallest absolute Gasteiger partial charge is 0.114 e. The van der Waals surface area contributed by atoms with Crippen LogP contribution in [0.4, 0.5) is 0 Å². The molecule has 0 aliphatic heterocycles. The van der Waals surface area contributed by atoms with Crippen LogP contribution in [0.2, 0.25) is 0 Å². The Labute approximate surface area is 112 Å². The third-order valence-corrected chi connectivity index (χ3v) is 4.67. The molecule has 2 unspecified atom stereocenters. The summed E-state index contributed by atoms with van der Waals surface area (Å²) in [6.07, 6.45) is 9.50. The molecule has 0 aromatic carbocycles. The van der Waals surface area contributed by atoms with Crippen molar-refractivity contribution in [3.05, 3.63) is 18.6 Å². The van der Waals surface area contributed by atoms with E-state index in [9.17, 15) is 5.26 Å². The van der Waals surface area contributed by atoms with E-state index >= 15 is 0 Å². The Hall–Kier alpha value is -1.12. The molecule has 2 rings (SSSR count). The van der Waals surface area contributed by atoms with Gasteiger partial charge in [-0.05, 0) is 38.0 Å². The zero-order valence-electron chi connectivity index (χ0n) is 10.6.